The quantitative estimate of drug-likeness (QED) is 0.748. The molecule has 0 aromatic heterocycles. The molecule has 0 radical (unpaired) electrons. The number of amides is 2. The van der Waals surface area contributed by atoms with Gasteiger partial charge in [0.15, 0.2) is 0 Å². The molecule has 18 heavy (non-hydrogen) atoms. The van der Waals surface area contributed by atoms with E-state index < -0.39 is 0 Å². The fourth-order valence-corrected chi connectivity index (χ4v) is 3.03. The smallest absolute Gasteiger partial charge is 0.260 e. The lowest BCUT2D eigenvalue weighted by Gasteiger charge is -2.33. The highest BCUT2D eigenvalue weighted by molar-refractivity contribution is 9.10. The van der Waals surface area contributed by atoms with Gasteiger partial charge in [0.1, 0.15) is 0 Å². The lowest BCUT2D eigenvalue weighted by Crippen LogP contribution is -2.46. The van der Waals surface area contributed by atoms with Crippen LogP contribution in [0.15, 0.2) is 40.4 Å². The van der Waals surface area contributed by atoms with E-state index >= 15 is 0 Å². The van der Waals surface area contributed by atoms with Crippen molar-refractivity contribution < 1.29 is 9.59 Å². The van der Waals surface area contributed by atoms with Gasteiger partial charge in [-0.05, 0) is 47.3 Å². The van der Waals surface area contributed by atoms with E-state index in [2.05, 4.69) is 15.9 Å². The Balaban J connectivity index is 2.08. The SMILES string of the molecule is O=C1C2=CC(CCC2)C(=O)N1c1ccccc1Br. The van der Waals surface area contributed by atoms with Gasteiger partial charge >= 0.3 is 0 Å². The largest absolute Gasteiger partial charge is 0.273 e. The van der Waals surface area contributed by atoms with Crippen LogP contribution >= 0.6 is 15.9 Å². The summed E-state index contributed by atoms with van der Waals surface area (Å²) in [5.41, 5.74) is 1.42. The van der Waals surface area contributed by atoms with Gasteiger partial charge in [0.25, 0.3) is 5.91 Å². The van der Waals surface area contributed by atoms with Crippen LogP contribution in [0.1, 0.15) is 19.3 Å². The van der Waals surface area contributed by atoms with E-state index in [1.165, 1.54) is 4.90 Å². The molecule has 1 heterocycles. The average Bonchev–Trinajstić information content (AvgIpc) is 2.40. The third-order valence-corrected chi connectivity index (χ3v) is 4.14. The van der Waals surface area contributed by atoms with Crippen molar-refractivity contribution in [2.45, 2.75) is 19.3 Å². The van der Waals surface area contributed by atoms with Crippen LogP contribution in [0.25, 0.3) is 0 Å². The van der Waals surface area contributed by atoms with Crippen LogP contribution in [0.3, 0.4) is 0 Å². The predicted octanol–water partition coefficient (Wildman–Crippen LogP) is 3.05. The van der Waals surface area contributed by atoms with Crippen LogP contribution in [-0.4, -0.2) is 11.8 Å². The zero-order valence-corrected chi connectivity index (χ0v) is 11.3. The van der Waals surface area contributed by atoms with Crippen molar-refractivity contribution in [2.24, 2.45) is 5.92 Å². The fraction of sp³-hybridized carbons (Fsp3) is 0.286. The molecule has 0 saturated heterocycles. The Morgan fingerprint density at radius 2 is 2.00 bits per heavy atom. The maximum absolute atomic E-state index is 12.3. The molecule has 0 spiro atoms. The molecule has 2 aliphatic rings. The number of imide groups is 1. The van der Waals surface area contributed by atoms with Gasteiger partial charge in [-0.15, -0.1) is 0 Å². The minimum atomic E-state index is -0.164. The van der Waals surface area contributed by atoms with E-state index in [1.54, 1.807) is 6.07 Å². The molecule has 3 rings (SSSR count). The van der Waals surface area contributed by atoms with Gasteiger partial charge in [0.2, 0.25) is 5.91 Å². The highest BCUT2D eigenvalue weighted by Gasteiger charge is 2.38. The summed E-state index contributed by atoms with van der Waals surface area (Å²) >= 11 is 3.40. The normalized spacial score (nSPS) is 23.1. The summed E-state index contributed by atoms with van der Waals surface area (Å²) in [6, 6.07) is 7.34. The highest BCUT2D eigenvalue weighted by atomic mass is 79.9. The standard InChI is InChI=1S/C14H12BrNO2/c15-11-6-1-2-7-12(11)16-13(17)9-4-3-5-10(8-9)14(16)18/h1-2,6-9H,3-5H2. The first-order valence-electron chi connectivity index (χ1n) is 6.02. The molecular formula is C14H12BrNO2. The van der Waals surface area contributed by atoms with Gasteiger partial charge in [-0.2, -0.15) is 0 Å². The van der Waals surface area contributed by atoms with Gasteiger partial charge in [-0.25, -0.2) is 4.90 Å². The third-order valence-electron chi connectivity index (χ3n) is 3.47. The summed E-state index contributed by atoms with van der Waals surface area (Å²) in [7, 11) is 0. The van der Waals surface area contributed by atoms with Gasteiger partial charge in [-0.3, -0.25) is 9.59 Å². The molecule has 3 nitrogen and oxygen atoms in total. The summed E-state index contributed by atoms with van der Waals surface area (Å²) < 4.78 is 0.771. The van der Waals surface area contributed by atoms with Crippen LogP contribution in [0.5, 0.6) is 0 Å². The fourth-order valence-electron chi connectivity index (χ4n) is 2.57. The van der Waals surface area contributed by atoms with Crippen molar-refractivity contribution in [2.75, 3.05) is 4.90 Å². The lowest BCUT2D eigenvalue weighted by molar-refractivity contribution is -0.128. The number of nitrogens with zero attached hydrogens (tertiary/aromatic N) is 1. The van der Waals surface area contributed by atoms with Crippen LogP contribution < -0.4 is 4.90 Å². The molecule has 1 atom stereocenters. The van der Waals surface area contributed by atoms with Crippen molar-refractivity contribution in [3.05, 3.63) is 40.4 Å². The number of fused-ring (bicyclic) bond motifs is 1. The molecule has 1 aromatic rings. The Kier molecular flexibility index (Phi) is 2.82. The number of para-hydroxylation sites is 1. The lowest BCUT2D eigenvalue weighted by atomic mass is 9.85. The molecule has 1 aliphatic heterocycles. The number of hydrogen-bond acceptors (Lipinski definition) is 2. The van der Waals surface area contributed by atoms with Gasteiger partial charge in [0, 0.05) is 10.0 Å². The summed E-state index contributed by atoms with van der Waals surface area (Å²) in [6.45, 7) is 0. The van der Waals surface area contributed by atoms with E-state index in [0.29, 0.717) is 5.69 Å². The summed E-state index contributed by atoms with van der Waals surface area (Å²) in [5.74, 6) is -0.392. The molecule has 0 fully saturated rings. The van der Waals surface area contributed by atoms with Crippen LogP contribution in [-0.2, 0) is 9.59 Å². The number of hydrogen-bond donors (Lipinski definition) is 0. The molecule has 0 saturated carbocycles. The average molecular weight is 306 g/mol. The van der Waals surface area contributed by atoms with Crippen molar-refractivity contribution in [3.63, 3.8) is 0 Å². The molecule has 1 unspecified atom stereocenters. The van der Waals surface area contributed by atoms with Crippen LogP contribution in [0, 0.1) is 5.92 Å². The van der Waals surface area contributed by atoms with E-state index in [1.807, 2.05) is 24.3 Å². The topological polar surface area (TPSA) is 37.4 Å². The van der Waals surface area contributed by atoms with Crippen molar-refractivity contribution in [1.29, 1.82) is 0 Å². The van der Waals surface area contributed by atoms with E-state index in [-0.39, 0.29) is 17.7 Å². The second-order valence-corrected chi connectivity index (χ2v) is 5.48. The minimum absolute atomic E-state index is 0.102. The van der Waals surface area contributed by atoms with Crippen LogP contribution in [0.4, 0.5) is 5.69 Å². The molecule has 4 heteroatoms. The van der Waals surface area contributed by atoms with E-state index in [0.717, 1.165) is 29.3 Å². The third kappa shape index (κ3) is 1.72. The Hall–Kier alpha value is -1.42. The van der Waals surface area contributed by atoms with Crippen molar-refractivity contribution >= 4 is 33.4 Å². The Morgan fingerprint density at radius 1 is 1.22 bits per heavy atom. The molecule has 92 valence electrons. The second kappa shape index (κ2) is 4.35. The number of benzene rings is 1. The first kappa shape index (κ1) is 11.7. The molecule has 1 aliphatic carbocycles. The highest BCUT2D eigenvalue weighted by Crippen LogP contribution is 2.36. The van der Waals surface area contributed by atoms with Gasteiger partial charge in [0.05, 0.1) is 11.6 Å². The Labute approximate surface area is 114 Å². The first-order chi connectivity index (χ1) is 8.68. The zero-order valence-electron chi connectivity index (χ0n) is 9.73. The van der Waals surface area contributed by atoms with Crippen LogP contribution in [0.2, 0.25) is 0 Å². The van der Waals surface area contributed by atoms with E-state index in [9.17, 15) is 9.59 Å². The zero-order chi connectivity index (χ0) is 12.7. The Morgan fingerprint density at radius 3 is 2.78 bits per heavy atom. The van der Waals surface area contributed by atoms with Gasteiger partial charge < -0.3 is 0 Å². The summed E-state index contributed by atoms with van der Waals surface area (Å²) in [6.07, 6.45) is 4.40. The summed E-state index contributed by atoms with van der Waals surface area (Å²) in [5, 5.41) is 0. The maximum atomic E-state index is 12.3. The number of halogens is 1. The molecule has 1 aromatic carbocycles. The summed E-state index contributed by atoms with van der Waals surface area (Å²) in [4.78, 5) is 26.0. The number of carbonyl (C=O) groups is 2. The monoisotopic (exact) mass is 305 g/mol. The van der Waals surface area contributed by atoms with E-state index in [4.69, 9.17) is 0 Å². The number of anilines is 1. The molecule has 0 N–H and O–H groups in total. The van der Waals surface area contributed by atoms with Crippen molar-refractivity contribution in [3.8, 4) is 0 Å². The molecular weight excluding hydrogens is 294 g/mol. The van der Waals surface area contributed by atoms with Crippen molar-refractivity contribution in [1.82, 2.24) is 0 Å². The molecule has 2 amide bonds. The second-order valence-electron chi connectivity index (χ2n) is 4.62. The number of rotatable bonds is 1. The minimum Gasteiger partial charge on any atom is -0.273 e. The predicted molar refractivity (Wildman–Crippen MR) is 72.1 cm³/mol. The number of carbonyl (C=O) groups excluding carboxylic acids is 2. The Bertz CT molecular complexity index is 565. The van der Waals surface area contributed by atoms with Gasteiger partial charge in [-0.1, -0.05) is 18.2 Å². The maximum Gasteiger partial charge on any atom is 0.260 e. The first-order valence-corrected chi connectivity index (χ1v) is 6.81. The molecule has 2 bridgehead atoms.